The lowest BCUT2D eigenvalue weighted by Gasteiger charge is -2.20. The van der Waals surface area contributed by atoms with Crippen LogP contribution in [0.1, 0.15) is 44.8 Å². The SMILES string of the molecule is CNc1nc(-c2cn(CCC3CCCCC3)nn2)nc2c1ncn2[C@@H]1O[C@H](CO)[C@@H](O)[C@H]1O. The molecule has 1 saturated heterocycles. The molecular weight excluding hydrogens is 428 g/mol. The van der Waals surface area contributed by atoms with Crippen LogP contribution < -0.4 is 5.32 Å². The van der Waals surface area contributed by atoms with Crippen molar-refractivity contribution < 1.29 is 20.1 Å². The number of aliphatic hydroxyl groups excluding tert-OH is 3. The molecule has 1 aliphatic heterocycles. The van der Waals surface area contributed by atoms with Crippen molar-refractivity contribution in [3.8, 4) is 11.5 Å². The Morgan fingerprint density at radius 2 is 1.97 bits per heavy atom. The first-order valence-corrected chi connectivity index (χ1v) is 11.5. The number of aliphatic hydroxyl groups is 3. The van der Waals surface area contributed by atoms with E-state index < -0.39 is 31.1 Å². The van der Waals surface area contributed by atoms with Gasteiger partial charge < -0.3 is 25.4 Å². The number of nitrogens with one attached hydrogen (secondary N) is 1. The fourth-order valence-electron chi connectivity index (χ4n) is 4.80. The molecule has 4 heterocycles. The summed E-state index contributed by atoms with van der Waals surface area (Å²) in [5.41, 5.74) is 1.44. The summed E-state index contributed by atoms with van der Waals surface area (Å²) in [6.07, 6.45) is 6.67. The number of nitrogens with zero attached hydrogens (tertiary/aromatic N) is 7. The van der Waals surface area contributed by atoms with Crippen LogP contribution >= 0.6 is 0 Å². The van der Waals surface area contributed by atoms with E-state index in [0.717, 1.165) is 18.9 Å². The fourth-order valence-corrected chi connectivity index (χ4v) is 4.80. The lowest BCUT2D eigenvalue weighted by atomic mass is 9.87. The fraction of sp³-hybridized carbons (Fsp3) is 0.667. The highest BCUT2D eigenvalue weighted by Gasteiger charge is 2.44. The quantitative estimate of drug-likeness (QED) is 0.397. The molecule has 5 rings (SSSR count). The highest BCUT2D eigenvalue weighted by atomic mass is 16.6. The van der Waals surface area contributed by atoms with E-state index in [1.165, 1.54) is 38.4 Å². The molecule has 0 spiro atoms. The maximum absolute atomic E-state index is 10.5. The van der Waals surface area contributed by atoms with E-state index in [1.54, 1.807) is 11.6 Å². The molecule has 1 aliphatic carbocycles. The molecule has 0 radical (unpaired) electrons. The van der Waals surface area contributed by atoms with Gasteiger partial charge in [0.2, 0.25) is 0 Å². The summed E-state index contributed by atoms with van der Waals surface area (Å²) in [6, 6.07) is 0. The number of aryl methyl sites for hydroxylation is 1. The second-order valence-electron chi connectivity index (χ2n) is 8.86. The summed E-state index contributed by atoms with van der Waals surface area (Å²) in [7, 11) is 1.73. The number of ether oxygens (including phenoxy) is 1. The van der Waals surface area contributed by atoms with Gasteiger partial charge in [0.05, 0.1) is 19.1 Å². The summed E-state index contributed by atoms with van der Waals surface area (Å²) in [6.45, 7) is 0.395. The first-order valence-electron chi connectivity index (χ1n) is 11.5. The molecular formula is C21H30N8O4. The molecule has 1 saturated carbocycles. The number of rotatable bonds is 7. The second-order valence-corrected chi connectivity index (χ2v) is 8.86. The lowest BCUT2D eigenvalue weighted by Crippen LogP contribution is -2.33. The Bertz CT molecular complexity index is 1100. The Balaban J connectivity index is 1.42. The third kappa shape index (κ3) is 4.19. The third-order valence-corrected chi connectivity index (χ3v) is 6.71. The zero-order valence-electron chi connectivity index (χ0n) is 18.6. The van der Waals surface area contributed by atoms with E-state index in [-0.39, 0.29) is 0 Å². The molecule has 0 amide bonds. The van der Waals surface area contributed by atoms with Gasteiger partial charge in [-0.05, 0) is 12.3 Å². The van der Waals surface area contributed by atoms with E-state index >= 15 is 0 Å². The zero-order valence-corrected chi connectivity index (χ0v) is 18.6. The minimum atomic E-state index is -1.24. The van der Waals surface area contributed by atoms with Crippen LogP contribution in [-0.4, -0.2) is 81.8 Å². The minimum Gasteiger partial charge on any atom is -0.394 e. The van der Waals surface area contributed by atoms with Crippen LogP contribution in [0.3, 0.4) is 0 Å². The molecule has 12 heteroatoms. The van der Waals surface area contributed by atoms with Gasteiger partial charge in [-0.1, -0.05) is 37.3 Å². The average Bonchev–Trinajstić information content (AvgIpc) is 3.56. The molecule has 4 atom stereocenters. The predicted molar refractivity (Wildman–Crippen MR) is 118 cm³/mol. The van der Waals surface area contributed by atoms with Gasteiger partial charge in [0.1, 0.15) is 24.0 Å². The number of fused-ring (bicyclic) bond motifs is 1. The Kier molecular flexibility index (Phi) is 6.23. The maximum Gasteiger partial charge on any atom is 0.185 e. The molecule has 2 aliphatic rings. The van der Waals surface area contributed by atoms with Crippen molar-refractivity contribution >= 4 is 17.0 Å². The number of hydrogen-bond donors (Lipinski definition) is 4. The van der Waals surface area contributed by atoms with Crippen molar-refractivity contribution in [1.29, 1.82) is 0 Å². The van der Waals surface area contributed by atoms with Gasteiger partial charge in [-0.2, -0.15) is 0 Å². The normalized spacial score (nSPS) is 26.3. The molecule has 12 nitrogen and oxygen atoms in total. The molecule has 3 aromatic rings. The van der Waals surface area contributed by atoms with Gasteiger partial charge in [0, 0.05) is 13.6 Å². The molecule has 33 heavy (non-hydrogen) atoms. The Hall–Kier alpha value is -2.67. The summed E-state index contributed by atoms with van der Waals surface area (Å²) in [5.74, 6) is 1.61. The van der Waals surface area contributed by atoms with E-state index in [2.05, 4.69) is 30.6 Å². The smallest absolute Gasteiger partial charge is 0.185 e. The summed E-state index contributed by atoms with van der Waals surface area (Å²) in [5, 5.41) is 41.6. The molecule has 0 unspecified atom stereocenters. The lowest BCUT2D eigenvalue weighted by molar-refractivity contribution is -0.0511. The topological polar surface area (TPSA) is 156 Å². The molecule has 4 N–H and O–H groups in total. The summed E-state index contributed by atoms with van der Waals surface area (Å²) < 4.78 is 9.03. The maximum atomic E-state index is 10.5. The largest absolute Gasteiger partial charge is 0.394 e. The van der Waals surface area contributed by atoms with Crippen LogP contribution in [0.2, 0.25) is 0 Å². The van der Waals surface area contributed by atoms with Gasteiger partial charge in [0.15, 0.2) is 29.0 Å². The predicted octanol–water partition coefficient (Wildman–Crippen LogP) is 0.708. The second kappa shape index (κ2) is 9.29. The van der Waals surface area contributed by atoms with E-state index in [0.29, 0.717) is 28.5 Å². The molecule has 2 fully saturated rings. The monoisotopic (exact) mass is 458 g/mol. The van der Waals surface area contributed by atoms with Gasteiger partial charge >= 0.3 is 0 Å². The van der Waals surface area contributed by atoms with E-state index in [4.69, 9.17) is 4.74 Å². The first kappa shape index (κ1) is 22.1. The Labute approximate surface area is 190 Å². The van der Waals surface area contributed by atoms with Gasteiger partial charge in [0.25, 0.3) is 0 Å². The van der Waals surface area contributed by atoms with Crippen molar-refractivity contribution in [2.75, 3.05) is 19.0 Å². The molecule has 0 aromatic carbocycles. The average molecular weight is 459 g/mol. The highest BCUT2D eigenvalue weighted by molar-refractivity contribution is 5.84. The van der Waals surface area contributed by atoms with Crippen LogP contribution in [-0.2, 0) is 11.3 Å². The number of aromatic nitrogens is 7. The molecule has 178 valence electrons. The van der Waals surface area contributed by atoms with Crippen molar-refractivity contribution in [1.82, 2.24) is 34.5 Å². The van der Waals surface area contributed by atoms with Crippen LogP contribution in [0.25, 0.3) is 22.7 Å². The van der Waals surface area contributed by atoms with Crippen molar-refractivity contribution in [2.45, 2.75) is 69.6 Å². The third-order valence-electron chi connectivity index (χ3n) is 6.71. The number of imidazole rings is 1. The van der Waals surface area contributed by atoms with Gasteiger partial charge in [-0.25, -0.2) is 15.0 Å². The van der Waals surface area contributed by atoms with E-state index in [9.17, 15) is 15.3 Å². The van der Waals surface area contributed by atoms with Gasteiger partial charge in [-0.15, -0.1) is 5.10 Å². The molecule has 3 aromatic heterocycles. The Morgan fingerprint density at radius 3 is 2.70 bits per heavy atom. The standard InChI is InChI=1S/C21H30N8O4/c1-22-19-15-20(29(11-23-15)21-17(32)16(31)14(10-30)33-21)25-18(24-19)13-9-28(27-26-13)8-7-12-5-3-2-4-6-12/h9,11-12,14,16-17,21,30-32H,2-8,10H2,1H3,(H,22,24,25)/t14-,16-,17-,21-/m1/s1. The van der Waals surface area contributed by atoms with Crippen LogP contribution in [0, 0.1) is 5.92 Å². The number of anilines is 1. The van der Waals surface area contributed by atoms with Crippen LogP contribution in [0.5, 0.6) is 0 Å². The number of hydrogen-bond acceptors (Lipinski definition) is 10. The highest BCUT2D eigenvalue weighted by Crippen LogP contribution is 2.33. The van der Waals surface area contributed by atoms with Crippen LogP contribution in [0.4, 0.5) is 5.82 Å². The van der Waals surface area contributed by atoms with E-state index in [1.807, 2.05) is 10.9 Å². The first-order chi connectivity index (χ1) is 16.1. The summed E-state index contributed by atoms with van der Waals surface area (Å²) >= 11 is 0. The van der Waals surface area contributed by atoms with Crippen molar-refractivity contribution in [3.63, 3.8) is 0 Å². The van der Waals surface area contributed by atoms with Crippen molar-refractivity contribution in [3.05, 3.63) is 12.5 Å². The summed E-state index contributed by atoms with van der Waals surface area (Å²) in [4.78, 5) is 13.5. The van der Waals surface area contributed by atoms with Crippen LogP contribution in [0.15, 0.2) is 12.5 Å². The van der Waals surface area contributed by atoms with Gasteiger partial charge in [-0.3, -0.25) is 9.25 Å². The molecule has 0 bridgehead atoms. The zero-order chi connectivity index (χ0) is 22.9. The Morgan fingerprint density at radius 1 is 1.15 bits per heavy atom. The minimum absolute atomic E-state index is 0.365. The van der Waals surface area contributed by atoms with Crippen molar-refractivity contribution in [2.24, 2.45) is 5.92 Å².